The number of hydrogen-bond acceptors (Lipinski definition) is 5. The van der Waals surface area contributed by atoms with Crippen molar-refractivity contribution in [3.8, 4) is 5.88 Å². The number of aromatic nitrogens is 1. The Morgan fingerprint density at radius 3 is 2.77 bits per heavy atom. The van der Waals surface area contributed by atoms with Crippen LogP contribution in [0.15, 0.2) is 18.3 Å². The van der Waals surface area contributed by atoms with E-state index in [0.29, 0.717) is 12.6 Å². The zero-order valence-corrected chi connectivity index (χ0v) is 12.8. The molecule has 22 heavy (non-hydrogen) atoms. The summed E-state index contributed by atoms with van der Waals surface area (Å²) in [6.07, 6.45) is -1.22. The number of pyridine rings is 1. The van der Waals surface area contributed by atoms with Gasteiger partial charge in [0.25, 0.3) is 0 Å². The van der Waals surface area contributed by atoms with Gasteiger partial charge in [-0.3, -0.25) is 4.79 Å². The number of rotatable bonds is 8. The van der Waals surface area contributed by atoms with Crippen LogP contribution in [0.5, 0.6) is 5.88 Å². The topological polar surface area (TPSA) is 77.2 Å². The molecule has 0 unspecified atom stereocenters. The van der Waals surface area contributed by atoms with Crippen LogP contribution in [0.2, 0.25) is 0 Å². The van der Waals surface area contributed by atoms with Gasteiger partial charge in [-0.05, 0) is 24.5 Å². The molecule has 0 spiro atoms. The maximum absolute atomic E-state index is 12.3. The molecule has 0 aromatic carbocycles. The number of amides is 1. The van der Waals surface area contributed by atoms with Gasteiger partial charge in [-0.25, -0.2) is 4.98 Å². The number of hydrogen-bond donors (Lipinski definition) is 2. The lowest BCUT2D eigenvalue weighted by atomic mass is 10.2. The van der Waals surface area contributed by atoms with Crippen molar-refractivity contribution in [2.75, 3.05) is 25.2 Å². The molecule has 0 aliphatic carbocycles. The van der Waals surface area contributed by atoms with E-state index in [2.05, 4.69) is 10.3 Å². The second kappa shape index (κ2) is 8.84. The average molecular weight is 337 g/mol. The van der Waals surface area contributed by atoms with Crippen LogP contribution < -0.4 is 15.8 Å². The molecule has 5 nitrogen and oxygen atoms in total. The monoisotopic (exact) mass is 337 g/mol. The summed E-state index contributed by atoms with van der Waals surface area (Å²) >= 11 is 1.60. The average Bonchev–Trinajstić information content (AvgIpc) is 2.48. The number of carbonyl (C=O) groups excluding carboxylic acids is 1. The van der Waals surface area contributed by atoms with Gasteiger partial charge in [0, 0.05) is 12.3 Å². The Morgan fingerprint density at radius 1 is 1.50 bits per heavy atom. The largest absolute Gasteiger partial charge is 0.476 e. The fourth-order valence-electron chi connectivity index (χ4n) is 1.47. The molecule has 1 heterocycles. The van der Waals surface area contributed by atoms with Crippen LogP contribution in [0, 0.1) is 0 Å². The Labute approximate surface area is 130 Å². The van der Waals surface area contributed by atoms with Gasteiger partial charge in [0.2, 0.25) is 11.8 Å². The van der Waals surface area contributed by atoms with Gasteiger partial charge in [-0.1, -0.05) is 0 Å². The zero-order valence-electron chi connectivity index (χ0n) is 12.0. The first-order valence-corrected chi connectivity index (χ1v) is 7.92. The van der Waals surface area contributed by atoms with Gasteiger partial charge >= 0.3 is 6.18 Å². The van der Waals surface area contributed by atoms with E-state index in [0.717, 1.165) is 17.9 Å². The molecule has 0 saturated carbocycles. The summed E-state index contributed by atoms with van der Waals surface area (Å²) in [5.74, 6) is 0.576. The molecule has 0 radical (unpaired) electrons. The highest BCUT2D eigenvalue weighted by atomic mass is 32.2. The van der Waals surface area contributed by atoms with Crippen molar-refractivity contribution in [1.29, 1.82) is 0 Å². The lowest BCUT2D eigenvalue weighted by Crippen LogP contribution is -2.42. The normalized spacial score (nSPS) is 12.8. The number of halogens is 3. The molecule has 1 atom stereocenters. The Bertz CT molecular complexity index is 469. The molecule has 9 heteroatoms. The van der Waals surface area contributed by atoms with Gasteiger partial charge in [-0.2, -0.15) is 24.9 Å². The molecule has 1 aromatic rings. The highest BCUT2D eigenvalue weighted by molar-refractivity contribution is 7.98. The van der Waals surface area contributed by atoms with Crippen LogP contribution in [-0.4, -0.2) is 42.1 Å². The highest BCUT2D eigenvalue weighted by Gasteiger charge is 2.30. The maximum Gasteiger partial charge on any atom is 0.417 e. The van der Waals surface area contributed by atoms with Gasteiger partial charge in [0.05, 0.1) is 18.2 Å². The predicted octanol–water partition coefficient (Wildman–Crippen LogP) is 1.68. The first-order chi connectivity index (χ1) is 10.3. The summed E-state index contributed by atoms with van der Waals surface area (Å²) in [6.45, 7) is 0.299. The van der Waals surface area contributed by atoms with E-state index in [9.17, 15) is 18.0 Å². The Hall–Kier alpha value is -1.48. The van der Waals surface area contributed by atoms with Crippen molar-refractivity contribution in [1.82, 2.24) is 10.3 Å². The van der Waals surface area contributed by atoms with Crippen molar-refractivity contribution >= 4 is 17.7 Å². The van der Waals surface area contributed by atoms with E-state index in [1.54, 1.807) is 11.8 Å². The van der Waals surface area contributed by atoms with E-state index in [1.165, 1.54) is 0 Å². The van der Waals surface area contributed by atoms with Gasteiger partial charge < -0.3 is 15.8 Å². The molecule has 0 fully saturated rings. The number of nitrogens with two attached hydrogens (primary N) is 1. The second-order valence-electron chi connectivity index (χ2n) is 4.41. The minimum Gasteiger partial charge on any atom is -0.476 e. The summed E-state index contributed by atoms with van der Waals surface area (Å²) in [7, 11) is 0. The van der Waals surface area contributed by atoms with E-state index >= 15 is 0 Å². The molecule has 1 amide bonds. The molecule has 1 aromatic heterocycles. The first-order valence-electron chi connectivity index (χ1n) is 6.53. The minimum atomic E-state index is -4.42. The second-order valence-corrected chi connectivity index (χ2v) is 5.40. The number of alkyl halides is 3. The van der Waals surface area contributed by atoms with Crippen LogP contribution in [0.25, 0.3) is 0 Å². The van der Waals surface area contributed by atoms with E-state index in [-0.39, 0.29) is 24.9 Å². The summed E-state index contributed by atoms with van der Waals surface area (Å²) in [4.78, 5) is 15.1. The molecule has 0 bridgehead atoms. The van der Waals surface area contributed by atoms with Crippen LogP contribution in [0.3, 0.4) is 0 Å². The number of carbonyl (C=O) groups is 1. The Morgan fingerprint density at radius 2 is 2.23 bits per heavy atom. The lowest BCUT2D eigenvalue weighted by Gasteiger charge is -2.12. The van der Waals surface area contributed by atoms with E-state index < -0.39 is 17.8 Å². The Kier molecular flexibility index (Phi) is 7.46. The first kappa shape index (κ1) is 18.6. The fourth-order valence-corrected chi connectivity index (χ4v) is 1.96. The maximum atomic E-state index is 12.3. The van der Waals surface area contributed by atoms with E-state index in [1.807, 2.05) is 6.26 Å². The number of nitrogens with zero attached hydrogens (tertiary/aromatic N) is 1. The summed E-state index contributed by atoms with van der Waals surface area (Å²) < 4.78 is 42.2. The van der Waals surface area contributed by atoms with Crippen LogP contribution in [0.4, 0.5) is 13.2 Å². The molecule has 3 N–H and O–H groups in total. The molecule has 0 saturated heterocycles. The Balaban J connectivity index is 2.28. The summed E-state index contributed by atoms with van der Waals surface area (Å²) in [5.41, 5.74) is 4.83. The van der Waals surface area contributed by atoms with Crippen LogP contribution in [0.1, 0.15) is 12.0 Å². The van der Waals surface area contributed by atoms with Crippen LogP contribution >= 0.6 is 11.8 Å². The highest BCUT2D eigenvalue weighted by Crippen LogP contribution is 2.29. The third-order valence-electron chi connectivity index (χ3n) is 2.68. The van der Waals surface area contributed by atoms with Crippen molar-refractivity contribution in [3.63, 3.8) is 0 Å². The standard InChI is InChI=1S/C13H18F3N3O2S/c1-22-7-4-10(17)12(20)18-5-6-21-11-3-2-9(8-19-11)13(14,15)16/h2-3,8,10H,4-7,17H2,1H3,(H,18,20)/t10-/m0/s1. The van der Waals surface area contributed by atoms with Crippen molar-refractivity contribution in [3.05, 3.63) is 23.9 Å². The van der Waals surface area contributed by atoms with Crippen molar-refractivity contribution in [2.24, 2.45) is 5.73 Å². The molecule has 1 rings (SSSR count). The molecular weight excluding hydrogens is 319 g/mol. The molecule has 124 valence electrons. The number of ether oxygens (including phenoxy) is 1. The van der Waals surface area contributed by atoms with Crippen molar-refractivity contribution < 1.29 is 22.7 Å². The third-order valence-corrected chi connectivity index (χ3v) is 3.33. The zero-order chi connectivity index (χ0) is 16.6. The fraction of sp³-hybridized carbons (Fsp3) is 0.538. The smallest absolute Gasteiger partial charge is 0.417 e. The van der Waals surface area contributed by atoms with Gasteiger partial charge in [0.1, 0.15) is 6.61 Å². The third kappa shape index (κ3) is 6.52. The van der Waals surface area contributed by atoms with E-state index in [4.69, 9.17) is 10.5 Å². The molecule has 0 aliphatic rings. The number of nitrogens with one attached hydrogen (secondary N) is 1. The van der Waals surface area contributed by atoms with Crippen molar-refractivity contribution in [2.45, 2.75) is 18.6 Å². The van der Waals surface area contributed by atoms with Gasteiger partial charge in [0.15, 0.2) is 0 Å². The van der Waals surface area contributed by atoms with Crippen LogP contribution in [-0.2, 0) is 11.0 Å². The molecule has 0 aliphatic heterocycles. The minimum absolute atomic E-state index is 0.0638. The van der Waals surface area contributed by atoms with Gasteiger partial charge in [-0.15, -0.1) is 0 Å². The lowest BCUT2D eigenvalue weighted by molar-refractivity contribution is -0.137. The summed E-state index contributed by atoms with van der Waals surface area (Å²) in [5, 5.41) is 2.59. The summed E-state index contributed by atoms with van der Waals surface area (Å²) in [6, 6.07) is 1.45. The number of thioether (sulfide) groups is 1. The SMILES string of the molecule is CSCC[C@H](N)C(=O)NCCOc1ccc(C(F)(F)F)cn1. The molecular formula is C13H18F3N3O2S. The predicted molar refractivity (Wildman–Crippen MR) is 78.7 cm³/mol. The quantitative estimate of drug-likeness (QED) is 0.706.